The zero-order valence-corrected chi connectivity index (χ0v) is 9.43. The van der Waals surface area contributed by atoms with Gasteiger partial charge in [0.2, 0.25) is 0 Å². The van der Waals surface area contributed by atoms with Gasteiger partial charge in [-0.1, -0.05) is 12.1 Å². The van der Waals surface area contributed by atoms with Crippen molar-refractivity contribution in [2.24, 2.45) is 0 Å². The first-order valence-corrected chi connectivity index (χ1v) is 4.88. The van der Waals surface area contributed by atoms with Crippen LogP contribution in [0.5, 0.6) is 0 Å². The maximum Gasteiger partial charge on any atom is 0.421 e. The highest BCUT2D eigenvalue weighted by atomic mass is 127. The Bertz CT molecular complexity index is 316. The molecule has 0 saturated heterocycles. The molecule has 1 aromatic carbocycles. The first-order valence-electron chi connectivity index (χ1n) is 3.80. The molecule has 0 radical (unpaired) electrons. The molecule has 1 rings (SSSR count). The zero-order chi connectivity index (χ0) is 11.0. The van der Waals surface area contributed by atoms with Crippen LogP contribution < -0.4 is 0 Å². The van der Waals surface area contributed by atoms with Crippen molar-refractivity contribution >= 4 is 22.6 Å². The quantitative estimate of drug-likeness (QED) is 0.790. The topological polar surface area (TPSA) is 20.2 Å². The highest BCUT2D eigenvalue weighted by Gasteiger charge is 2.50. The van der Waals surface area contributed by atoms with Gasteiger partial charge in [0.1, 0.15) is 0 Å². The van der Waals surface area contributed by atoms with Gasteiger partial charge in [0, 0.05) is 3.57 Å². The minimum atomic E-state index is -4.65. The van der Waals surface area contributed by atoms with Crippen molar-refractivity contribution in [1.29, 1.82) is 0 Å². The number of hydrogen-bond acceptors (Lipinski definition) is 1. The lowest BCUT2D eigenvalue weighted by molar-refractivity contribution is -0.258. The summed E-state index contributed by atoms with van der Waals surface area (Å²) in [7, 11) is 0. The molecule has 0 heterocycles. The van der Waals surface area contributed by atoms with Gasteiger partial charge in [-0.05, 0) is 47.2 Å². The van der Waals surface area contributed by atoms with Gasteiger partial charge in [-0.15, -0.1) is 0 Å². The summed E-state index contributed by atoms with van der Waals surface area (Å²) in [6.45, 7) is 0.745. The molecule has 0 spiro atoms. The van der Waals surface area contributed by atoms with Gasteiger partial charge < -0.3 is 5.11 Å². The minimum absolute atomic E-state index is 0.148. The molecule has 1 unspecified atom stereocenters. The molecule has 0 aliphatic carbocycles. The average Bonchev–Trinajstić information content (AvgIpc) is 2.03. The van der Waals surface area contributed by atoms with Crippen LogP contribution in [-0.2, 0) is 5.60 Å². The second-order valence-corrected chi connectivity index (χ2v) is 4.32. The van der Waals surface area contributed by atoms with Gasteiger partial charge in [-0.3, -0.25) is 0 Å². The highest BCUT2D eigenvalue weighted by molar-refractivity contribution is 14.1. The largest absolute Gasteiger partial charge is 0.421 e. The molecule has 0 saturated carbocycles. The Hall–Kier alpha value is -0.300. The van der Waals surface area contributed by atoms with E-state index in [-0.39, 0.29) is 5.56 Å². The van der Waals surface area contributed by atoms with Crippen molar-refractivity contribution in [1.82, 2.24) is 0 Å². The van der Waals surface area contributed by atoms with Crippen molar-refractivity contribution in [2.75, 3.05) is 0 Å². The number of aliphatic hydroxyl groups is 1. The van der Waals surface area contributed by atoms with Gasteiger partial charge in [0.25, 0.3) is 0 Å². The molecule has 1 nitrogen and oxygen atoms in total. The van der Waals surface area contributed by atoms with Crippen LogP contribution in [0, 0.1) is 3.57 Å². The van der Waals surface area contributed by atoms with E-state index in [2.05, 4.69) is 0 Å². The Kier molecular flexibility index (Phi) is 3.10. The Morgan fingerprint density at radius 1 is 1.14 bits per heavy atom. The molecule has 14 heavy (non-hydrogen) atoms. The lowest BCUT2D eigenvalue weighted by Crippen LogP contribution is -2.39. The van der Waals surface area contributed by atoms with E-state index in [9.17, 15) is 18.3 Å². The predicted molar refractivity (Wildman–Crippen MR) is 54.8 cm³/mol. The van der Waals surface area contributed by atoms with Crippen molar-refractivity contribution in [3.8, 4) is 0 Å². The molecule has 0 bridgehead atoms. The van der Waals surface area contributed by atoms with E-state index in [1.165, 1.54) is 24.3 Å². The van der Waals surface area contributed by atoms with Crippen molar-refractivity contribution in [3.63, 3.8) is 0 Å². The predicted octanol–water partition coefficient (Wildman–Crippen LogP) is 3.06. The van der Waals surface area contributed by atoms with Crippen LogP contribution in [0.2, 0.25) is 0 Å². The van der Waals surface area contributed by atoms with Crippen LogP contribution in [-0.4, -0.2) is 11.3 Å². The first-order chi connectivity index (χ1) is 6.25. The third-order valence-electron chi connectivity index (χ3n) is 1.96. The maximum absolute atomic E-state index is 12.4. The minimum Gasteiger partial charge on any atom is -0.376 e. The maximum atomic E-state index is 12.4. The van der Waals surface area contributed by atoms with E-state index in [4.69, 9.17) is 0 Å². The fraction of sp³-hybridized carbons (Fsp3) is 0.333. The van der Waals surface area contributed by atoms with E-state index in [0.29, 0.717) is 0 Å². The Balaban J connectivity index is 3.10. The molecule has 78 valence electrons. The van der Waals surface area contributed by atoms with Crippen LogP contribution in [0.15, 0.2) is 24.3 Å². The molecule has 0 fully saturated rings. The standard InChI is InChI=1S/C9H8F3IO/c1-8(14,9(10,11)12)6-2-4-7(13)5-3-6/h2-5,14H,1H3. The number of halogens is 4. The lowest BCUT2D eigenvalue weighted by Gasteiger charge is -2.26. The highest BCUT2D eigenvalue weighted by Crippen LogP contribution is 2.38. The monoisotopic (exact) mass is 316 g/mol. The summed E-state index contributed by atoms with van der Waals surface area (Å²) < 4.78 is 37.9. The second-order valence-electron chi connectivity index (χ2n) is 3.08. The van der Waals surface area contributed by atoms with Crippen LogP contribution in [0.1, 0.15) is 12.5 Å². The second kappa shape index (κ2) is 3.69. The summed E-state index contributed by atoms with van der Waals surface area (Å²) in [5.41, 5.74) is -2.93. The summed E-state index contributed by atoms with van der Waals surface area (Å²) in [6, 6.07) is 5.59. The van der Waals surface area contributed by atoms with E-state index in [1.54, 1.807) is 0 Å². The summed E-state index contributed by atoms with van der Waals surface area (Å²) >= 11 is 1.98. The molecule has 1 N–H and O–H groups in total. The van der Waals surface area contributed by atoms with E-state index in [1.807, 2.05) is 22.6 Å². The smallest absolute Gasteiger partial charge is 0.376 e. The molecule has 1 atom stereocenters. The fourth-order valence-corrected chi connectivity index (χ4v) is 1.30. The number of alkyl halides is 3. The van der Waals surface area contributed by atoms with Gasteiger partial charge in [-0.25, -0.2) is 0 Å². The summed E-state index contributed by atoms with van der Waals surface area (Å²) in [5.74, 6) is 0. The van der Waals surface area contributed by atoms with Crippen LogP contribution >= 0.6 is 22.6 Å². The van der Waals surface area contributed by atoms with Crippen LogP contribution in [0.4, 0.5) is 13.2 Å². The van der Waals surface area contributed by atoms with Crippen LogP contribution in [0.25, 0.3) is 0 Å². The molecule has 5 heteroatoms. The third kappa shape index (κ3) is 2.20. The molecule has 1 aromatic rings. The molecular formula is C9H8F3IO. The zero-order valence-electron chi connectivity index (χ0n) is 7.27. The van der Waals surface area contributed by atoms with Crippen LogP contribution in [0.3, 0.4) is 0 Å². The Morgan fingerprint density at radius 2 is 1.57 bits per heavy atom. The molecular weight excluding hydrogens is 308 g/mol. The van der Waals surface area contributed by atoms with Gasteiger partial charge in [0.05, 0.1) is 0 Å². The SMILES string of the molecule is CC(O)(c1ccc(I)cc1)C(F)(F)F. The fourth-order valence-electron chi connectivity index (χ4n) is 0.938. The normalized spacial score (nSPS) is 16.4. The van der Waals surface area contributed by atoms with Gasteiger partial charge >= 0.3 is 6.18 Å². The first kappa shape index (κ1) is 11.8. The van der Waals surface area contributed by atoms with E-state index in [0.717, 1.165) is 10.5 Å². The Labute approximate surface area is 93.1 Å². The van der Waals surface area contributed by atoms with Gasteiger partial charge in [0.15, 0.2) is 5.60 Å². The number of benzene rings is 1. The number of hydrogen-bond donors (Lipinski definition) is 1. The number of rotatable bonds is 1. The molecule has 0 aromatic heterocycles. The molecule has 0 aliphatic heterocycles. The Morgan fingerprint density at radius 3 is 1.93 bits per heavy atom. The molecule has 0 amide bonds. The van der Waals surface area contributed by atoms with Crippen molar-refractivity contribution < 1.29 is 18.3 Å². The van der Waals surface area contributed by atoms with Crippen molar-refractivity contribution in [3.05, 3.63) is 33.4 Å². The third-order valence-corrected chi connectivity index (χ3v) is 2.68. The molecule has 0 aliphatic rings. The average molecular weight is 316 g/mol. The van der Waals surface area contributed by atoms with Gasteiger partial charge in [-0.2, -0.15) is 13.2 Å². The van der Waals surface area contributed by atoms with E-state index < -0.39 is 11.8 Å². The van der Waals surface area contributed by atoms with E-state index >= 15 is 0 Å². The lowest BCUT2D eigenvalue weighted by atomic mass is 9.96. The summed E-state index contributed by atoms with van der Waals surface area (Å²) in [4.78, 5) is 0. The van der Waals surface area contributed by atoms with Crippen molar-refractivity contribution in [2.45, 2.75) is 18.7 Å². The summed E-state index contributed by atoms with van der Waals surface area (Å²) in [6.07, 6.45) is -4.65. The summed E-state index contributed by atoms with van der Waals surface area (Å²) in [5, 5.41) is 9.29.